The van der Waals surface area contributed by atoms with Crippen LogP contribution in [0.5, 0.6) is 0 Å². The van der Waals surface area contributed by atoms with Gasteiger partial charge in [-0.2, -0.15) is 0 Å². The summed E-state index contributed by atoms with van der Waals surface area (Å²) in [6.45, 7) is 15.2. The molecule has 1 aliphatic rings. The van der Waals surface area contributed by atoms with Crippen molar-refractivity contribution in [1.82, 2.24) is 0 Å². The van der Waals surface area contributed by atoms with E-state index in [-0.39, 0.29) is 0 Å². The third kappa shape index (κ3) is 4.25. The van der Waals surface area contributed by atoms with Gasteiger partial charge in [0.1, 0.15) is 0 Å². The van der Waals surface area contributed by atoms with Crippen LogP contribution in [0.1, 0.15) is 26.7 Å². The zero-order valence-corrected chi connectivity index (χ0v) is 11.8. The average Bonchev–Trinajstić information content (AvgIpc) is 1.99. The molecule has 0 aromatic rings. The Bertz CT molecular complexity index is 273. The Morgan fingerprint density at radius 2 is 2.07 bits per heavy atom. The molecule has 1 nitrogen and oxygen atoms in total. The summed E-state index contributed by atoms with van der Waals surface area (Å²) in [5, 5.41) is 0. The molecule has 0 fully saturated rings. The SMILES string of the molecule is C=C(C)[C@H]1CC(O[Si](C)(C)C)=C[C@H](C)C1. The van der Waals surface area contributed by atoms with E-state index in [1.807, 2.05) is 0 Å². The second kappa shape index (κ2) is 4.56. The summed E-state index contributed by atoms with van der Waals surface area (Å²) in [6.07, 6.45) is 4.59. The van der Waals surface area contributed by atoms with Crippen molar-refractivity contribution in [2.24, 2.45) is 11.8 Å². The number of hydrogen-bond donors (Lipinski definition) is 0. The fourth-order valence-electron chi connectivity index (χ4n) is 2.07. The number of allylic oxidation sites excluding steroid dienone is 3. The van der Waals surface area contributed by atoms with Crippen LogP contribution in [0, 0.1) is 11.8 Å². The number of rotatable bonds is 3. The molecule has 2 heteroatoms. The van der Waals surface area contributed by atoms with Crippen molar-refractivity contribution in [3.63, 3.8) is 0 Å². The Morgan fingerprint density at radius 3 is 2.53 bits per heavy atom. The monoisotopic (exact) mass is 224 g/mol. The van der Waals surface area contributed by atoms with Crippen LogP contribution in [0.4, 0.5) is 0 Å². The fourth-order valence-corrected chi connectivity index (χ4v) is 3.01. The van der Waals surface area contributed by atoms with Crippen LogP contribution in [0.3, 0.4) is 0 Å². The molecule has 1 rings (SSSR count). The molecule has 0 heterocycles. The molecule has 0 saturated carbocycles. The average molecular weight is 224 g/mol. The standard InChI is InChI=1S/C13H24OSi/c1-10(2)12-7-11(3)8-13(9-12)14-15(4,5)6/h8,11-12H,1,7,9H2,2-6H3/t11-,12-/m1/s1. The van der Waals surface area contributed by atoms with Crippen molar-refractivity contribution in [3.8, 4) is 0 Å². The molecular weight excluding hydrogens is 200 g/mol. The summed E-state index contributed by atoms with van der Waals surface area (Å²) in [7, 11) is -1.44. The molecule has 15 heavy (non-hydrogen) atoms. The molecule has 86 valence electrons. The topological polar surface area (TPSA) is 9.23 Å². The van der Waals surface area contributed by atoms with Crippen molar-refractivity contribution in [2.45, 2.75) is 46.3 Å². The summed E-state index contributed by atoms with van der Waals surface area (Å²) in [6, 6.07) is 0. The predicted octanol–water partition coefficient (Wildman–Crippen LogP) is 4.34. The van der Waals surface area contributed by atoms with E-state index in [1.165, 1.54) is 17.8 Å². The van der Waals surface area contributed by atoms with Crippen LogP contribution in [0.25, 0.3) is 0 Å². The maximum atomic E-state index is 6.09. The lowest BCUT2D eigenvalue weighted by atomic mass is 9.83. The lowest BCUT2D eigenvalue weighted by Gasteiger charge is -2.31. The second-order valence-electron chi connectivity index (χ2n) is 5.81. The van der Waals surface area contributed by atoms with Gasteiger partial charge in [0.2, 0.25) is 8.32 Å². The van der Waals surface area contributed by atoms with Gasteiger partial charge in [0.25, 0.3) is 0 Å². The van der Waals surface area contributed by atoms with Gasteiger partial charge in [0, 0.05) is 6.42 Å². The van der Waals surface area contributed by atoms with Gasteiger partial charge in [-0.05, 0) is 50.9 Å². The Kier molecular flexibility index (Phi) is 3.82. The summed E-state index contributed by atoms with van der Waals surface area (Å²) < 4.78 is 6.09. The Labute approximate surface area is 95.4 Å². The molecule has 0 aromatic carbocycles. The van der Waals surface area contributed by atoms with E-state index in [1.54, 1.807) is 0 Å². The molecule has 2 atom stereocenters. The molecule has 0 saturated heterocycles. The van der Waals surface area contributed by atoms with E-state index >= 15 is 0 Å². The van der Waals surface area contributed by atoms with Crippen molar-refractivity contribution < 1.29 is 4.43 Å². The first-order chi connectivity index (χ1) is 6.78. The van der Waals surface area contributed by atoms with E-state index in [9.17, 15) is 0 Å². The molecule has 0 spiro atoms. The lowest BCUT2D eigenvalue weighted by molar-refractivity contribution is 0.326. The first kappa shape index (κ1) is 12.6. The fraction of sp³-hybridized carbons (Fsp3) is 0.692. The largest absolute Gasteiger partial charge is 0.548 e. The smallest absolute Gasteiger partial charge is 0.241 e. The van der Waals surface area contributed by atoms with Crippen LogP contribution in [-0.4, -0.2) is 8.32 Å². The second-order valence-corrected chi connectivity index (χ2v) is 10.2. The van der Waals surface area contributed by atoms with Crippen molar-refractivity contribution in [2.75, 3.05) is 0 Å². The molecular formula is C13H24OSi. The minimum Gasteiger partial charge on any atom is -0.548 e. The van der Waals surface area contributed by atoms with Gasteiger partial charge in [-0.25, -0.2) is 0 Å². The zero-order valence-electron chi connectivity index (χ0n) is 10.8. The Balaban J connectivity index is 2.69. The van der Waals surface area contributed by atoms with Gasteiger partial charge in [0.05, 0.1) is 5.76 Å². The quantitative estimate of drug-likeness (QED) is 0.512. The van der Waals surface area contributed by atoms with Gasteiger partial charge >= 0.3 is 0 Å². The molecule has 0 unspecified atom stereocenters. The van der Waals surface area contributed by atoms with Crippen LogP contribution in [0.15, 0.2) is 24.0 Å². The highest BCUT2D eigenvalue weighted by Gasteiger charge is 2.25. The third-order valence-corrected chi connectivity index (χ3v) is 3.58. The van der Waals surface area contributed by atoms with E-state index in [4.69, 9.17) is 4.43 Å². The Morgan fingerprint density at radius 1 is 1.47 bits per heavy atom. The molecule has 0 amide bonds. The normalized spacial score (nSPS) is 27.1. The van der Waals surface area contributed by atoms with E-state index in [0.717, 1.165) is 6.42 Å². The molecule has 0 bridgehead atoms. The summed E-state index contributed by atoms with van der Waals surface area (Å²) in [5.74, 6) is 2.46. The van der Waals surface area contributed by atoms with E-state index < -0.39 is 8.32 Å². The van der Waals surface area contributed by atoms with E-state index in [0.29, 0.717) is 11.8 Å². The maximum absolute atomic E-state index is 6.09. The molecule has 0 radical (unpaired) electrons. The van der Waals surface area contributed by atoms with Gasteiger partial charge in [-0.3, -0.25) is 0 Å². The van der Waals surface area contributed by atoms with Crippen LogP contribution in [0.2, 0.25) is 19.6 Å². The molecule has 0 N–H and O–H groups in total. The summed E-state index contributed by atoms with van der Waals surface area (Å²) in [4.78, 5) is 0. The van der Waals surface area contributed by atoms with Crippen LogP contribution in [-0.2, 0) is 4.43 Å². The first-order valence-corrected chi connectivity index (χ1v) is 9.24. The molecule has 0 aliphatic heterocycles. The van der Waals surface area contributed by atoms with Gasteiger partial charge in [0.15, 0.2) is 0 Å². The first-order valence-electron chi connectivity index (χ1n) is 5.83. The highest BCUT2D eigenvalue weighted by atomic mass is 28.4. The third-order valence-electron chi connectivity index (χ3n) is 2.71. The zero-order chi connectivity index (χ0) is 11.6. The number of hydrogen-bond acceptors (Lipinski definition) is 1. The van der Waals surface area contributed by atoms with Crippen LogP contribution < -0.4 is 0 Å². The summed E-state index contributed by atoms with van der Waals surface area (Å²) >= 11 is 0. The minimum absolute atomic E-state index is 0.622. The lowest BCUT2D eigenvalue weighted by Crippen LogP contribution is -2.27. The predicted molar refractivity (Wildman–Crippen MR) is 69.2 cm³/mol. The highest BCUT2D eigenvalue weighted by molar-refractivity contribution is 6.70. The molecule has 0 aromatic heterocycles. The van der Waals surface area contributed by atoms with Crippen molar-refractivity contribution in [3.05, 3.63) is 24.0 Å². The Hall–Kier alpha value is -0.503. The van der Waals surface area contributed by atoms with Crippen LogP contribution >= 0.6 is 0 Å². The summed E-state index contributed by atoms with van der Waals surface area (Å²) in [5.41, 5.74) is 1.30. The van der Waals surface area contributed by atoms with Gasteiger partial charge in [-0.15, -0.1) is 0 Å². The van der Waals surface area contributed by atoms with Gasteiger partial charge in [-0.1, -0.05) is 19.1 Å². The van der Waals surface area contributed by atoms with Gasteiger partial charge < -0.3 is 4.43 Å². The highest BCUT2D eigenvalue weighted by Crippen LogP contribution is 2.33. The molecule has 1 aliphatic carbocycles. The van der Waals surface area contributed by atoms with Crippen molar-refractivity contribution in [1.29, 1.82) is 0 Å². The van der Waals surface area contributed by atoms with Crippen molar-refractivity contribution >= 4 is 8.32 Å². The van der Waals surface area contributed by atoms with E-state index in [2.05, 4.69) is 46.1 Å². The maximum Gasteiger partial charge on any atom is 0.241 e. The minimum atomic E-state index is -1.44.